The number of aromatic nitrogens is 2. The normalized spacial score (nSPS) is 12.6. The van der Waals surface area contributed by atoms with Crippen molar-refractivity contribution < 1.29 is 21.6 Å². The highest BCUT2D eigenvalue weighted by atomic mass is 32.2. The van der Waals surface area contributed by atoms with Gasteiger partial charge < -0.3 is 11.1 Å². The first-order valence-electron chi connectivity index (χ1n) is 10.8. The van der Waals surface area contributed by atoms with E-state index in [-0.39, 0.29) is 0 Å². The standard InChI is InChI=1S/C22H22N6O5S6/c1-38(30,31)27-13-3-7-15(8-4-13)34-17-11-24-21(36-17)19(23)20(29)26-22-25-12-18(37-22)35-16-9-5-14(6-10-16)28-39(2,32)33/h3-12,19,27-28H,23H2,1-2H3,(H,25,26,29). The lowest BCUT2D eigenvalue weighted by molar-refractivity contribution is -0.117. The summed E-state index contributed by atoms with van der Waals surface area (Å²) in [6.45, 7) is 0. The number of carbonyl (C=O) groups excluding carboxylic acids is 1. The SMILES string of the molecule is CS(=O)(=O)Nc1ccc(Sc2cnc(NC(=O)C(N)c3ncc(Sc4ccc(NS(C)(=O)=O)cc4)s3)s2)cc1. The zero-order chi connectivity index (χ0) is 28.2. The van der Waals surface area contributed by atoms with E-state index >= 15 is 0 Å². The lowest BCUT2D eigenvalue weighted by Gasteiger charge is -2.07. The molecule has 206 valence electrons. The molecule has 4 rings (SSSR count). The summed E-state index contributed by atoms with van der Waals surface area (Å²) in [6, 6.07) is 12.8. The van der Waals surface area contributed by atoms with E-state index in [0.29, 0.717) is 21.5 Å². The van der Waals surface area contributed by atoms with Crippen LogP contribution in [-0.4, -0.2) is 45.2 Å². The Morgan fingerprint density at radius 3 is 1.74 bits per heavy atom. The van der Waals surface area contributed by atoms with Gasteiger partial charge in [0.2, 0.25) is 26.0 Å². The molecule has 1 unspecified atom stereocenters. The Bertz CT molecular complexity index is 1670. The van der Waals surface area contributed by atoms with Gasteiger partial charge >= 0.3 is 0 Å². The smallest absolute Gasteiger partial charge is 0.250 e. The number of thiazole rings is 2. The highest BCUT2D eigenvalue weighted by Gasteiger charge is 2.21. The number of rotatable bonds is 11. The molecule has 0 spiro atoms. The molecule has 0 radical (unpaired) electrons. The second kappa shape index (κ2) is 12.2. The van der Waals surface area contributed by atoms with Crippen LogP contribution >= 0.6 is 46.2 Å². The fourth-order valence-electron chi connectivity index (χ4n) is 2.97. The van der Waals surface area contributed by atoms with E-state index in [2.05, 4.69) is 24.7 Å². The Morgan fingerprint density at radius 2 is 1.26 bits per heavy atom. The Balaban J connectivity index is 1.31. The maximum Gasteiger partial charge on any atom is 0.250 e. The molecule has 0 bridgehead atoms. The van der Waals surface area contributed by atoms with Crippen LogP contribution in [0.25, 0.3) is 0 Å². The van der Waals surface area contributed by atoms with Crippen molar-refractivity contribution in [1.29, 1.82) is 0 Å². The quantitative estimate of drug-likeness (QED) is 0.185. The van der Waals surface area contributed by atoms with Gasteiger partial charge in [0.1, 0.15) is 11.0 Å². The number of benzene rings is 2. The minimum absolute atomic E-state index is 0.391. The topological polar surface area (TPSA) is 173 Å². The molecule has 0 saturated heterocycles. The van der Waals surface area contributed by atoms with E-state index in [0.717, 1.165) is 30.7 Å². The van der Waals surface area contributed by atoms with Crippen molar-refractivity contribution in [1.82, 2.24) is 9.97 Å². The summed E-state index contributed by atoms with van der Waals surface area (Å²) in [6.07, 6.45) is 5.44. The summed E-state index contributed by atoms with van der Waals surface area (Å²) in [5.41, 5.74) is 7.08. The zero-order valence-electron chi connectivity index (χ0n) is 20.3. The maximum atomic E-state index is 12.7. The fourth-order valence-corrected chi connectivity index (χ4v) is 7.92. The van der Waals surface area contributed by atoms with Crippen LogP contribution < -0.4 is 20.5 Å². The predicted molar refractivity (Wildman–Crippen MR) is 158 cm³/mol. The number of carbonyl (C=O) groups is 1. The van der Waals surface area contributed by atoms with Crippen molar-refractivity contribution in [2.75, 3.05) is 27.3 Å². The maximum absolute atomic E-state index is 12.7. The Morgan fingerprint density at radius 1 is 0.795 bits per heavy atom. The van der Waals surface area contributed by atoms with Gasteiger partial charge in [0, 0.05) is 21.2 Å². The lowest BCUT2D eigenvalue weighted by Crippen LogP contribution is -2.27. The van der Waals surface area contributed by atoms with Gasteiger partial charge in [0.25, 0.3) is 0 Å². The van der Waals surface area contributed by atoms with Crippen LogP contribution in [0.3, 0.4) is 0 Å². The largest absolute Gasteiger partial charge is 0.314 e. The van der Waals surface area contributed by atoms with Crippen molar-refractivity contribution in [2.24, 2.45) is 5.73 Å². The Kier molecular flexibility index (Phi) is 9.20. The van der Waals surface area contributed by atoms with Crippen LogP contribution in [-0.2, 0) is 24.8 Å². The lowest BCUT2D eigenvalue weighted by atomic mass is 10.3. The molecule has 17 heteroatoms. The summed E-state index contributed by atoms with van der Waals surface area (Å²) in [5.74, 6) is -0.445. The summed E-state index contributed by atoms with van der Waals surface area (Å²) in [7, 11) is -6.69. The second-order valence-electron chi connectivity index (χ2n) is 7.97. The molecule has 2 aromatic heterocycles. The molecule has 39 heavy (non-hydrogen) atoms. The van der Waals surface area contributed by atoms with E-state index in [9.17, 15) is 21.6 Å². The average molecular weight is 643 g/mol. The highest BCUT2D eigenvalue weighted by Crippen LogP contribution is 2.36. The Labute approximate surface area is 242 Å². The molecule has 5 N–H and O–H groups in total. The van der Waals surface area contributed by atoms with Crippen LogP contribution in [0.15, 0.2) is 79.1 Å². The molecule has 0 aliphatic rings. The molecular weight excluding hydrogens is 621 g/mol. The first kappa shape index (κ1) is 29.3. The van der Waals surface area contributed by atoms with E-state index in [1.54, 1.807) is 60.9 Å². The van der Waals surface area contributed by atoms with Crippen LogP contribution in [0, 0.1) is 0 Å². The number of nitrogens with zero attached hydrogens (tertiary/aromatic N) is 2. The second-order valence-corrected chi connectivity index (χ2v) is 16.3. The minimum atomic E-state index is -3.35. The first-order valence-corrected chi connectivity index (χ1v) is 17.9. The van der Waals surface area contributed by atoms with E-state index < -0.39 is 32.0 Å². The molecule has 1 amide bonds. The summed E-state index contributed by atoms with van der Waals surface area (Å²) >= 11 is 5.42. The first-order chi connectivity index (χ1) is 18.3. The molecule has 0 aliphatic heterocycles. The summed E-state index contributed by atoms with van der Waals surface area (Å²) in [4.78, 5) is 23.0. The molecule has 1 atom stereocenters. The third-order valence-electron chi connectivity index (χ3n) is 4.52. The summed E-state index contributed by atoms with van der Waals surface area (Å²) < 4.78 is 51.8. The van der Waals surface area contributed by atoms with Gasteiger partial charge in [-0.05, 0) is 48.5 Å². The third-order valence-corrected chi connectivity index (χ3v) is 9.94. The van der Waals surface area contributed by atoms with Gasteiger partial charge in [-0.15, -0.1) is 11.3 Å². The number of hydrogen-bond acceptors (Lipinski definition) is 12. The van der Waals surface area contributed by atoms with Crippen molar-refractivity contribution >= 4 is 88.7 Å². The molecule has 0 saturated carbocycles. The zero-order valence-corrected chi connectivity index (χ0v) is 25.2. The van der Waals surface area contributed by atoms with Crippen molar-refractivity contribution in [3.63, 3.8) is 0 Å². The van der Waals surface area contributed by atoms with Crippen molar-refractivity contribution in [2.45, 2.75) is 24.3 Å². The molecule has 0 fully saturated rings. The van der Waals surface area contributed by atoms with Crippen molar-refractivity contribution in [3.05, 3.63) is 65.9 Å². The van der Waals surface area contributed by atoms with Gasteiger partial charge in [-0.25, -0.2) is 26.8 Å². The summed E-state index contributed by atoms with van der Waals surface area (Å²) in [5, 5.41) is 3.56. The van der Waals surface area contributed by atoms with E-state index in [4.69, 9.17) is 5.73 Å². The number of hydrogen-bond donors (Lipinski definition) is 4. The van der Waals surface area contributed by atoms with Gasteiger partial charge in [-0.1, -0.05) is 34.9 Å². The van der Waals surface area contributed by atoms with Crippen LogP contribution in [0.5, 0.6) is 0 Å². The third kappa shape index (κ3) is 9.20. The van der Waals surface area contributed by atoms with Gasteiger partial charge in [-0.3, -0.25) is 14.2 Å². The number of nitrogens with one attached hydrogen (secondary N) is 3. The predicted octanol–water partition coefficient (Wildman–Crippen LogP) is 4.28. The molecular formula is C22H22N6O5S6. The number of anilines is 3. The van der Waals surface area contributed by atoms with Crippen LogP contribution in [0.4, 0.5) is 16.5 Å². The Hall–Kier alpha value is -2.67. The number of sulfonamides is 2. The van der Waals surface area contributed by atoms with Crippen molar-refractivity contribution in [3.8, 4) is 0 Å². The number of amides is 1. The van der Waals surface area contributed by atoms with Crippen LogP contribution in [0.1, 0.15) is 11.0 Å². The van der Waals surface area contributed by atoms with E-state index in [1.807, 2.05) is 0 Å². The molecule has 11 nitrogen and oxygen atoms in total. The highest BCUT2D eigenvalue weighted by molar-refractivity contribution is 8.01. The molecule has 0 aliphatic carbocycles. The van der Waals surface area contributed by atoms with E-state index in [1.165, 1.54) is 46.2 Å². The molecule has 4 aromatic rings. The van der Waals surface area contributed by atoms with Crippen LogP contribution in [0.2, 0.25) is 0 Å². The monoisotopic (exact) mass is 642 g/mol. The van der Waals surface area contributed by atoms with Gasteiger partial charge in [0.05, 0.1) is 33.3 Å². The van der Waals surface area contributed by atoms with Gasteiger partial charge in [-0.2, -0.15) is 0 Å². The van der Waals surface area contributed by atoms with Gasteiger partial charge in [0.15, 0.2) is 5.13 Å². The molecule has 2 aromatic carbocycles. The molecule has 2 heterocycles. The average Bonchev–Trinajstić information content (AvgIpc) is 3.49. The number of nitrogens with two attached hydrogens (primary N) is 1. The fraction of sp³-hybridized carbons (Fsp3) is 0.136. The minimum Gasteiger partial charge on any atom is -0.314 e.